The van der Waals surface area contributed by atoms with Gasteiger partial charge in [-0.3, -0.25) is 5.10 Å². The zero-order valence-corrected chi connectivity index (χ0v) is 14.2. The van der Waals surface area contributed by atoms with Crippen molar-refractivity contribution in [1.29, 1.82) is 5.26 Å². The Hall–Kier alpha value is -3.01. The van der Waals surface area contributed by atoms with Crippen molar-refractivity contribution in [3.8, 4) is 11.8 Å². The first-order valence-corrected chi connectivity index (χ1v) is 7.85. The Bertz CT molecular complexity index is 953. The van der Waals surface area contributed by atoms with E-state index in [4.69, 9.17) is 23.2 Å². The fourth-order valence-electron chi connectivity index (χ4n) is 2.08. The maximum absolute atomic E-state index is 9.40. The van der Waals surface area contributed by atoms with Crippen LogP contribution in [-0.4, -0.2) is 21.5 Å². The highest BCUT2D eigenvalue weighted by Gasteiger charge is 2.13. The van der Waals surface area contributed by atoms with Crippen molar-refractivity contribution >= 4 is 46.7 Å². The maximum atomic E-state index is 9.40. The van der Waals surface area contributed by atoms with E-state index in [1.165, 1.54) is 0 Å². The van der Waals surface area contributed by atoms with Gasteiger partial charge in [-0.05, 0) is 48.0 Å². The quantitative estimate of drug-likeness (QED) is 0.574. The van der Waals surface area contributed by atoms with Crippen LogP contribution in [0.1, 0.15) is 11.1 Å². The molecule has 3 rings (SSSR count). The van der Waals surface area contributed by atoms with Crippen molar-refractivity contribution < 1.29 is 5.11 Å². The number of anilines is 2. The molecule has 0 saturated carbocycles. The highest BCUT2D eigenvalue weighted by Crippen LogP contribution is 2.29. The highest BCUT2D eigenvalue weighted by atomic mass is 35.5. The summed E-state index contributed by atoms with van der Waals surface area (Å²) in [6, 6.07) is 13.5. The summed E-state index contributed by atoms with van der Waals surface area (Å²) in [5.74, 6) is 0.799. The Morgan fingerprint density at radius 3 is 2.48 bits per heavy atom. The summed E-state index contributed by atoms with van der Waals surface area (Å²) in [7, 11) is 0. The molecule has 0 atom stereocenters. The number of aliphatic imine (C=N–C) groups is 1. The summed E-state index contributed by atoms with van der Waals surface area (Å²) in [6.45, 7) is 0. The van der Waals surface area contributed by atoms with Crippen LogP contribution in [0.25, 0.3) is 0 Å². The Kier molecular flexibility index (Phi) is 4.89. The van der Waals surface area contributed by atoms with Gasteiger partial charge in [-0.15, -0.1) is 0 Å². The van der Waals surface area contributed by atoms with Gasteiger partial charge < -0.3 is 10.4 Å². The number of nitrogens with one attached hydrogen (secondary N) is 2. The van der Waals surface area contributed by atoms with Crippen LogP contribution in [-0.2, 0) is 0 Å². The number of nitriles is 1. The minimum atomic E-state index is 0.170. The second-order valence-corrected chi connectivity index (χ2v) is 5.91. The fraction of sp³-hybridized carbons (Fsp3) is 0. The van der Waals surface area contributed by atoms with E-state index in [1.54, 1.807) is 48.7 Å². The number of rotatable bonds is 4. The molecule has 25 heavy (non-hydrogen) atoms. The van der Waals surface area contributed by atoms with Crippen molar-refractivity contribution in [2.45, 2.75) is 0 Å². The first-order valence-electron chi connectivity index (χ1n) is 7.10. The van der Waals surface area contributed by atoms with Crippen LogP contribution in [0.5, 0.6) is 5.75 Å². The van der Waals surface area contributed by atoms with Gasteiger partial charge in [0.05, 0.1) is 0 Å². The number of H-pyrrole nitrogens is 1. The summed E-state index contributed by atoms with van der Waals surface area (Å²) < 4.78 is 0. The monoisotopic (exact) mass is 371 g/mol. The molecule has 1 heterocycles. The standard InChI is InChI=1S/C17H11Cl2N5O/c18-11-5-12(19)7-13(6-11)22-17-15(8-20)16(23-24-17)21-9-10-1-3-14(25)4-2-10/h1-7,9,25H,(H2,22,23,24)/b21-9+. The number of aromatic amines is 1. The fourth-order valence-corrected chi connectivity index (χ4v) is 2.61. The van der Waals surface area contributed by atoms with Gasteiger partial charge in [-0.2, -0.15) is 10.4 Å². The first-order chi connectivity index (χ1) is 12.0. The molecule has 3 N–H and O–H groups in total. The maximum Gasteiger partial charge on any atom is 0.172 e. The molecule has 2 aromatic carbocycles. The van der Waals surface area contributed by atoms with E-state index >= 15 is 0 Å². The third-order valence-electron chi connectivity index (χ3n) is 3.22. The molecule has 0 unspecified atom stereocenters. The molecule has 0 amide bonds. The van der Waals surface area contributed by atoms with E-state index in [9.17, 15) is 10.4 Å². The highest BCUT2D eigenvalue weighted by molar-refractivity contribution is 6.35. The number of benzene rings is 2. The molecule has 0 spiro atoms. The predicted molar refractivity (Wildman–Crippen MR) is 98.4 cm³/mol. The van der Waals surface area contributed by atoms with Gasteiger partial charge in [0.15, 0.2) is 11.6 Å². The summed E-state index contributed by atoms with van der Waals surface area (Å²) in [5, 5.41) is 29.4. The Morgan fingerprint density at radius 2 is 1.84 bits per heavy atom. The lowest BCUT2D eigenvalue weighted by Gasteiger charge is -2.04. The van der Waals surface area contributed by atoms with Crippen molar-refractivity contribution in [2.75, 3.05) is 5.32 Å². The third kappa shape index (κ3) is 4.10. The van der Waals surface area contributed by atoms with Crippen LogP contribution < -0.4 is 5.32 Å². The van der Waals surface area contributed by atoms with Crippen molar-refractivity contribution in [3.63, 3.8) is 0 Å². The van der Waals surface area contributed by atoms with E-state index in [0.717, 1.165) is 5.56 Å². The van der Waals surface area contributed by atoms with Gasteiger partial charge in [-0.1, -0.05) is 23.2 Å². The molecular formula is C17H11Cl2N5O. The third-order valence-corrected chi connectivity index (χ3v) is 3.66. The Morgan fingerprint density at radius 1 is 1.16 bits per heavy atom. The van der Waals surface area contributed by atoms with E-state index in [-0.39, 0.29) is 11.3 Å². The molecule has 0 bridgehead atoms. The number of nitrogens with zero attached hydrogens (tertiary/aromatic N) is 3. The van der Waals surface area contributed by atoms with Gasteiger partial charge in [0.2, 0.25) is 0 Å². The largest absolute Gasteiger partial charge is 0.508 e. The zero-order valence-electron chi connectivity index (χ0n) is 12.7. The first kappa shape index (κ1) is 16.8. The van der Waals surface area contributed by atoms with E-state index in [1.807, 2.05) is 0 Å². The second kappa shape index (κ2) is 7.26. The zero-order chi connectivity index (χ0) is 17.8. The molecule has 0 aliphatic rings. The lowest BCUT2D eigenvalue weighted by molar-refractivity contribution is 0.475. The molecule has 124 valence electrons. The number of halogens is 2. The van der Waals surface area contributed by atoms with Crippen molar-refractivity contribution in [1.82, 2.24) is 10.2 Å². The van der Waals surface area contributed by atoms with Gasteiger partial charge >= 0.3 is 0 Å². The Labute approximate surface area is 153 Å². The molecule has 8 heteroatoms. The molecule has 1 aromatic heterocycles. The van der Waals surface area contributed by atoms with Crippen LogP contribution in [0.15, 0.2) is 47.5 Å². The topological polar surface area (TPSA) is 97.1 Å². The van der Waals surface area contributed by atoms with Gasteiger partial charge in [0.1, 0.15) is 17.4 Å². The van der Waals surface area contributed by atoms with Crippen LogP contribution in [0.4, 0.5) is 17.3 Å². The Balaban J connectivity index is 1.86. The molecule has 3 aromatic rings. The number of aromatic nitrogens is 2. The molecule has 0 saturated heterocycles. The van der Waals surface area contributed by atoms with E-state index in [2.05, 4.69) is 26.6 Å². The predicted octanol–water partition coefficient (Wildman–Crippen LogP) is 4.79. The van der Waals surface area contributed by atoms with Crippen LogP contribution >= 0.6 is 23.2 Å². The lowest BCUT2D eigenvalue weighted by Crippen LogP contribution is -1.93. The number of aromatic hydroxyl groups is 1. The molecule has 0 radical (unpaired) electrons. The van der Waals surface area contributed by atoms with E-state index < -0.39 is 0 Å². The molecule has 0 fully saturated rings. The minimum absolute atomic E-state index is 0.170. The molecular weight excluding hydrogens is 361 g/mol. The van der Waals surface area contributed by atoms with Gasteiger partial charge in [0, 0.05) is 21.9 Å². The number of phenols is 1. The van der Waals surface area contributed by atoms with Crippen LogP contribution in [0.3, 0.4) is 0 Å². The minimum Gasteiger partial charge on any atom is -0.508 e. The van der Waals surface area contributed by atoms with Crippen molar-refractivity contribution in [2.24, 2.45) is 4.99 Å². The summed E-state index contributed by atoms with van der Waals surface area (Å²) >= 11 is 11.9. The van der Waals surface area contributed by atoms with Gasteiger partial charge in [-0.25, -0.2) is 4.99 Å². The van der Waals surface area contributed by atoms with Crippen molar-refractivity contribution in [3.05, 3.63) is 63.6 Å². The average Bonchev–Trinajstić information content (AvgIpc) is 2.95. The molecule has 0 aliphatic carbocycles. The molecule has 6 nitrogen and oxygen atoms in total. The smallest absolute Gasteiger partial charge is 0.172 e. The summed E-state index contributed by atoms with van der Waals surface area (Å²) in [5.41, 5.74) is 1.63. The van der Waals surface area contributed by atoms with Gasteiger partial charge in [0.25, 0.3) is 0 Å². The number of phenolic OH excluding ortho intramolecular Hbond substituents is 1. The SMILES string of the molecule is N#Cc1c(Nc2cc(Cl)cc(Cl)c2)n[nH]c1/N=C/c1ccc(O)cc1. The van der Waals surface area contributed by atoms with Crippen LogP contribution in [0.2, 0.25) is 10.0 Å². The summed E-state index contributed by atoms with van der Waals surface area (Å²) in [6.07, 6.45) is 1.56. The molecule has 0 aliphatic heterocycles. The lowest BCUT2D eigenvalue weighted by atomic mass is 10.2. The average molecular weight is 372 g/mol. The summed E-state index contributed by atoms with van der Waals surface area (Å²) in [4.78, 5) is 4.24. The number of hydrogen-bond acceptors (Lipinski definition) is 5. The van der Waals surface area contributed by atoms with E-state index in [0.29, 0.717) is 27.4 Å². The number of hydrogen-bond donors (Lipinski definition) is 3. The van der Waals surface area contributed by atoms with Crippen LogP contribution in [0, 0.1) is 11.3 Å². The second-order valence-electron chi connectivity index (χ2n) is 5.04. The normalized spacial score (nSPS) is 10.8.